The average Bonchev–Trinajstić information content (AvgIpc) is 3.10. The fourth-order valence-electron chi connectivity index (χ4n) is 3.59. The summed E-state index contributed by atoms with van der Waals surface area (Å²) in [4.78, 5) is 2.53. The molecular weight excluding hydrogens is 236 g/mol. The Labute approximate surface area is 116 Å². The highest BCUT2D eigenvalue weighted by Gasteiger charge is 2.23. The van der Waals surface area contributed by atoms with E-state index in [-0.39, 0.29) is 0 Å². The van der Waals surface area contributed by atoms with Crippen LogP contribution in [-0.4, -0.2) is 34.3 Å². The monoisotopic (exact) mass is 262 g/mol. The first-order valence-corrected chi connectivity index (χ1v) is 7.81. The minimum atomic E-state index is 0.664. The molecule has 2 heterocycles. The van der Waals surface area contributed by atoms with E-state index in [1.54, 1.807) is 0 Å². The molecule has 1 aromatic heterocycles. The summed E-state index contributed by atoms with van der Waals surface area (Å²) < 4.78 is 2.20. The zero-order chi connectivity index (χ0) is 13.1. The molecule has 1 aliphatic carbocycles. The number of likely N-dealkylation sites (tertiary alicyclic amines) is 1. The van der Waals surface area contributed by atoms with Crippen LogP contribution in [0.3, 0.4) is 0 Å². The summed E-state index contributed by atoms with van der Waals surface area (Å²) in [7, 11) is 0. The number of nitrogens with zero attached hydrogens (tertiary/aromatic N) is 3. The zero-order valence-corrected chi connectivity index (χ0v) is 11.8. The van der Waals surface area contributed by atoms with E-state index in [1.807, 2.05) is 0 Å². The Hall–Kier alpha value is -0.870. The second kappa shape index (κ2) is 6.06. The smallest absolute Gasteiger partial charge is 0.0764 e. The van der Waals surface area contributed by atoms with Gasteiger partial charge in [-0.2, -0.15) is 5.10 Å². The highest BCUT2D eigenvalue weighted by molar-refractivity contribution is 5.01. The molecule has 1 saturated carbocycles. The Morgan fingerprint density at radius 1 is 1.26 bits per heavy atom. The number of nitrogens with two attached hydrogens (primary N) is 1. The maximum absolute atomic E-state index is 5.65. The SMILES string of the molecule is NCCC1CCN(Cc2ccn(C3CCCC3)n2)C1. The molecule has 0 radical (unpaired) electrons. The van der Waals surface area contributed by atoms with Crippen LogP contribution in [0.4, 0.5) is 0 Å². The van der Waals surface area contributed by atoms with Crippen molar-refractivity contribution < 1.29 is 0 Å². The number of hydrogen-bond acceptors (Lipinski definition) is 3. The summed E-state index contributed by atoms with van der Waals surface area (Å²) in [6, 6.07) is 2.87. The molecule has 4 heteroatoms. The Morgan fingerprint density at radius 3 is 2.89 bits per heavy atom. The van der Waals surface area contributed by atoms with E-state index in [4.69, 9.17) is 10.8 Å². The van der Waals surface area contributed by atoms with Crippen LogP contribution >= 0.6 is 0 Å². The lowest BCUT2D eigenvalue weighted by Crippen LogP contribution is -2.21. The number of hydrogen-bond donors (Lipinski definition) is 1. The quantitative estimate of drug-likeness (QED) is 0.884. The Kier molecular flexibility index (Phi) is 4.18. The third-order valence-electron chi connectivity index (χ3n) is 4.69. The van der Waals surface area contributed by atoms with Crippen molar-refractivity contribution in [2.24, 2.45) is 11.7 Å². The van der Waals surface area contributed by atoms with E-state index in [1.165, 1.54) is 57.3 Å². The third-order valence-corrected chi connectivity index (χ3v) is 4.69. The summed E-state index contributed by atoms with van der Waals surface area (Å²) in [6.45, 7) is 4.25. The fourth-order valence-corrected chi connectivity index (χ4v) is 3.59. The van der Waals surface area contributed by atoms with Crippen LogP contribution in [-0.2, 0) is 6.54 Å². The van der Waals surface area contributed by atoms with Gasteiger partial charge in [-0.05, 0) is 50.8 Å². The maximum atomic E-state index is 5.65. The molecule has 0 bridgehead atoms. The van der Waals surface area contributed by atoms with Crippen LogP contribution in [0.2, 0.25) is 0 Å². The highest BCUT2D eigenvalue weighted by atomic mass is 15.3. The van der Waals surface area contributed by atoms with Crippen LogP contribution in [0.25, 0.3) is 0 Å². The van der Waals surface area contributed by atoms with Gasteiger partial charge in [0, 0.05) is 19.3 Å². The van der Waals surface area contributed by atoms with Crippen molar-refractivity contribution >= 4 is 0 Å². The molecule has 2 fully saturated rings. The van der Waals surface area contributed by atoms with Crippen molar-refractivity contribution in [1.82, 2.24) is 14.7 Å². The normalized spacial score (nSPS) is 25.4. The molecule has 2 N–H and O–H groups in total. The van der Waals surface area contributed by atoms with Crippen molar-refractivity contribution in [2.75, 3.05) is 19.6 Å². The highest BCUT2D eigenvalue weighted by Crippen LogP contribution is 2.29. The summed E-state index contributed by atoms with van der Waals surface area (Å²) in [6.07, 6.45) is 10.0. The first-order chi connectivity index (χ1) is 9.35. The van der Waals surface area contributed by atoms with Crippen molar-refractivity contribution in [3.63, 3.8) is 0 Å². The van der Waals surface area contributed by atoms with E-state index in [0.717, 1.165) is 19.0 Å². The second-order valence-electron chi connectivity index (χ2n) is 6.19. The van der Waals surface area contributed by atoms with Crippen LogP contribution in [0.1, 0.15) is 50.3 Å². The van der Waals surface area contributed by atoms with E-state index in [9.17, 15) is 0 Å². The Bertz CT molecular complexity index is 395. The summed E-state index contributed by atoms with van der Waals surface area (Å²) in [5, 5.41) is 4.78. The predicted octanol–water partition coefficient (Wildman–Crippen LogP) is 2.17. The van der Waals surface area contributed by atoms with Gasteiger partial charge in [-0.3, -0.25) is 9.58 Å². The minimum absolute atomic E-state index is 0.664. The van der Waals surface area contributed by atoms with Gasteiger partial charge >= 0.3 is 0 Å². The van der Waals surface area contributed by atoms with Crippen LogP contribution < -0.4 is 5.73 Å². The molecule has 1 aromatic rings. The average molecular weight is 262 g/mol. The Morgan fingerprint density at radius 2 is 2.11 bits per heavy atom. The van der Waals surface area contributed by atoms with Gasteiger partial charge in [0.15, 0.2) is 0 Å². The van der Waals surface area contributed by atoms with E-state index in [0.29, 0.717) is 6.04 Å². The first kappa shape index (κ1) is 13.1. The third kappa shape index (κ3) is 3.18. The molecule has 1 atom stereocenters. The van der Waals surface area contributed by atoms with Gasteiger partial charge in [-0.15, -0.1) is 0 Å². The van der Waals surface area contributed by atoms with Gasteiger partial charge in [0.1, 0.15) is 0 Å². The van der Waals surface area contributed by atoms with Gasteiger partial charge in [-0.1, -0.05) is 12.8 Å². The lowest BCUT2D eigenvalue weighted by atomic mass is 10.1. The molecule has 106 valence electrons. The molecular formula is C15H26N4. The van der Waals surface area contributed by atoms with E-state index >= 15 is 0 Å². The molecule has 4 nitrogen and oxygen atoms in total. The Balaban J connectivity index is 1.53. The van der Waals surface area contributed by atoms with Crippen LogP contribution in [0.15, 0.2) is 12.3 Å². The fraction of sp³-hybridized carbons (Fsp3) is 0.800. The van der Waals surface area contributed by atoms with Gasteiger partial charge in [0.25, 0.3) is 0 Å². The first-order valence-electron chi connectivity index (χ1n) is 7.81. The molecule has 0 aromatic carbocycles. The van der Waals surface area contributed by atoms with Gasteiger partial charge in [0.2, 0.25) is 0 Å². The lowest BCUT2D eigenvalue weighted by molar-refractivity contribution is 0.307. The molecule has 1 unspecified atom stereocenters. The molecule has 0 spiro atoms. The van der Waals surface area contributed by atoms with Gasteiger partial charge in [0.05, 0.1) is 11.7 Å². The minimum Gasteiger partial charge on any atom is -0.330 e. The van der Waals surface area contributed by atoms with Crippen molar-refractivity contribution in [3.8, 4) is 0 Å². The van der Waals surface area contributed by atoms with Crippen molar-refractivity contribution in [3.05, 3.63) is 18.0 Å². The summed E-state index contributed by atoms with van der Waals surface area (Å²) in [5.41, 5.74) is 6.88. The summed E-state index contributed by atoms with van der Waals surface area (Å²) >= 11 is 0. The maximum Gasteiger partial charge on any atom is 0.0764 e. The molecule has 3 rings (SSSR count). The molecule has 2 aliphatic rings. The van der Waals surface area contributed by atoms with Gasteiger partial charge in [-0.25, -0.2) is 0 Å². The van der Waals surface area contributed by atoms with Crippen LogP contribution in [0, 0.1) is 5.92 Å². The van der Waals surface area contributed by atoms with E-state index < -0.39 is 0 Å². The summed E-state index contributed by atoms with van der Waals surface area (Å²) in [5.74, 6) is 0.807. The molecule has 1 saturated heterocycles. The van der Waals surface area contributed by atoms with Gasteiger partial charge < -0.3 is 5.73 Å². The standard InChI is InChI=1S/C15H26N4/c16-8-5-13-6-9-18(11-13)12-14-7-10-19(17-14)15-3-1-2-4-15/h7,10,13,15H,1-6,8-9,11-12,16H2. The largest absolute Gasteiger partial charge is 0.330 e. The van der Waals surface area contributed by atoms with E-state index in [2.05, 4.69) is 21.8 Å². The molecule has 19 heavy (non-hydrogen) atoms. The molecule has 0 amide bonds. The van der Waals surface area contributed by atoms with Crippen molar-refractivity contribution in [2.45, 2.75) is 51.1 Å². The van der Waals surface area contributed by atoms with Crippen molar-refractivity contribution in [1.29, 1.82) is 0 Å². The topological polar surface area (TPSA) is 47.1 Å². The predicted molar refractivity (Wildman–Crippen MR) is 76.8 cm³/mol. The number of aromatic nitrogens is 2. The molecule has 1 aliphatic heterocycles. The zero-order valence-electron chi connectivity index (χ0n) is 11.8. The number of rotatable bonds is 5. The van der Waals surface area contributed by atoms with Crippen LogP contribution in [0.5, 0.6) is 0 Å². The lowest BCUT2D eigenvalue weighted by Gasteiger charge is -2.14. The second-order valence-corrected chi connectivity index (χ2v) is 6.19.